The van der Waals surface area contributed by atoms with Crippen LogP contribution in [-0.4, -0.2) is 13.9 Å². The fraction of sp³-hybridized carbons (Fsp3) is 1.00. The molecule has 0 aromatic carbocycles. The third kappa shape index (κ3) is 1.84. The second-order valence-corrected chi connectivity index (χ2v) is 10.4. The van der Waals surface area contributed by atoms with Gasteiger partial charge in [-0.05, 0) is 44.3 Å². The van der Waals surface area contributed by atoms with Crippen molar-refractivity contribution in [3.05, 3.63) is 0 Å². The van der Waals surface area contributed by atoms with Gasteiger partial charge < -0.3 is 4.43 Å². The van der Waals surface area contributed by atoms with Gasteiger partial charge >= 0.3 is 0 Å². The van der Waals surface area contributed by atoms with Crippen LogP contribution in [0.15, 0.2) is 0 Å². The quantitative estimate of drug-likeness (QED) is 0.618. The van der Waals surface area contributed by atoms with Crippen molar-refractivity contribution in [1.29, 1.82) is 0 Å². The van der Waals surface area contributed by atoms with Crippen molar-refractivity contribution in [2.75, 3.05) is 0 Å². The highest BCUT2D eigenvalue weighted by molar-refractivity contribution is 6.69. The first kappa shape index (κ1) is 9.72. The van der Waals surface area contributed by atoms with E-state index in [1.165, 1.54) is 25.7 Å². The fourth-order valence-electron chi connectivity index (χ4n) is 3.02. The van der Waals surface area contributed by atoms with Crippen LogP contribution in [-0.2, 0) is 4.43 Å². The third-order valence-corrected chi connectivity index (χ3v) is 4.56. The molecule has 0 heterocycles. The summed E-state index contributed by atoms with van der Waals surface area (Å²) in [5.74, 6) is 1.83. The molecular formula is C11H22OSi. The lowest BCUT2D eigenvalue weighted by atomic mass is 9.89. The number of hydrogen-bond donors (Lipinski definition) is 0. The Labute approximate surface area is 83.0 Å². The SMILES string of the molecule is C[C@H]1CCC[C@]2(O[Si](C)(C)C)C[C@H]12. The van der Waals surface area contributed by atoms with Crippen molar-refractivity contribution >= 4 is 8.32 Å². The van der Waals surface area contributed by atoms with Gasteiger partial charge in [0.15, 0.2) is 8.32 Å². The van der Waals surface area contributed by atoms with Crippen molar-refractivity contribution in [3.8, 4) is 0 Å². The highest BCUT2D eigenvalue weighted by atomic mass is 28.4. The van der Waals surface area contributed by atoms with Crippen molar-refractivity contribution < 1.29 is 4.43 Å². The minimum absolute atomic E-state index is 0.363. The number of hydrogen-bond acceptors (Lipinski definition) is 1. The van der Waals surface area contributed by atoms with Gasteiger partial charge in [0.25, 0.3) is 0 Å². The van der Waals surface area contributed by atoms with Gasteiger partial charge in [-0.15, -0.1) is 0 Å². The first-order valence-electron chi connectivity index (χ1n) is 5.63. The molecular weight excluding hydrogens is 176 g/mol. The van der Waals surface area contributed by atoms with Crippen LogP contribution in [0, 0.1) is 11.8 Å². The van der Waals surface area contributed by atoms with Crippen LogP contribution in [0.3, 0.4) is 0 Å². The molecule has 0 spiro atoms. The summed E-state index contributed by atoms with van der Waals surface area (Å²) in [6, 6.07) is 0. The van der Waals surface area contributed by atoms with Crippen molar-refractivity contribution in [2.45, 2.75) is 57.8 Å². The zero-order valence-electron chi connectivity index (χ0n) is 9.39. The van der Waals surface area contributed by atoms with Crippen LogP contribution < -0.4 is 0 Å². The van der Waals surface area contributed by atoms with E-state index in [9.17, 15) is 0 Å². The molecule has 0 bridgehead atoms. The van der Waals surface area contributed by atoms with Gasteiger partial charge in [-0.3, -0.25) is 0 Å². The molecule has 3 atom stereocenters. The average molecular weight is 198 g/mol. The largest absolute Gasteiger partial charge is 0.412 e. The Morgan fingerprint density at radius 1 is 1.31 bits per heavy atom. The smallest absolute Gasteiger partial charge is 0.184 e. The first-order valence-corrected chi connectivity index (χ1v) is 9.04. The Hall–Kier alpha value is 0.177. The number of rotatable bonds is 2. The van der Waals surface area contributed by atoms with Gasteiger partial charge in [-0.25, -0.2) is 0 Å². The van der Waals surface area contributed by atoms with E-state index in [0.717, 1.165) is 11.8 Å². The van der Waals surface area contributed by atoms with Crippen LogP contribution in [0.1, 0.15) is 32.6 Å². The van der Waals surface area contributed by atoms with E-state index in [2.05, 4.69) is 26.6 Å². The molecule has 2 aliphatic rings. The van der Waals surface area contributed by atoms with Crippen LogP contribution in [0.2, 0.25) is 19.6 Å². The molecule has 2 rings (SSSR count). The second kappa shape index (κ2) is 2.83. The van der Waals surface area contributed by atoms with Crippen molar-refractivity contribution in [3.63, 3.8) is 0 Å². The highest BCUT2D eigenvalue weighted by Crippen LogP contribution is 2.59. The maximum Gasteiger partial charge on any atom is 0.184 e. The average Bonchev–Trinajstić information content (AvgIpc) is 2.60. The molecule has 0 saturated heterocycles. The minimum atomic E-state index is -1.30. The summed E-state index contributed by atoms with van der Waals surface area (Å²) in [6.07, 6.45) is 5.52. The Bertz CT molecular complexity index is 209. The summed E-state index contributed by atoms with van der Waals surface area (Å²) >= 11 is 0. The molecule has 0 N–H and O–H groups in total. The van der Waals surface area contributed by atoms with E-state index in [4.69, 9.17) is 4.43 Å². The summed E-state index contributed by atoms with van der Waals surface area (Å²) in [5.41, 5.74) is 0.363. The Morgan fingerprint density at radius 2 is 2.00 bits per heavy atom. The molecule has 2 fully saturated rings. The van der Waals surface area contributed by atoms with E-state index in [1.54, 1.807) is 0 Å². The molecule has 76 valence electrons. The van der Waals surface area contributed by atoms with E-state index in [0.29, 0.717) is 5.60 Å². The molecule has 2 saturated carbocycles. The highest BCUT2D eigenvalue weighted by Gasteiger charge is 2.59. The van der Waals surface area contributed by atoms with Gasteiger partial charge in [0, 0.05) is 0 Å². The molecule has 0 aromatic rings. The Balaban J connectivity index is 2.00. The zero-order valence-corrected chi connectivity index (χ0v) is 10.4. The molecule has 1 nitrogen and oxygen atoms in total. The molecule has 0 unspecified atom stereocenters. The summed E-state index contributed by atoms with van der Waals surface area (Å²) in [7, 11) is -1.30. The molecule has 0 radical (unpaired) electrons. The van der Waals surface area contributed by atoms with Gasteiger partial charge in [0.05, 0.1) is 5.60 Å². The van der Waals surface area contributed by atoms with Gasteiger partial charge in [-0.2, -0.15) is 0 Å². The zero-order chi connectivity index (χ0) is 9.69. The Kier molecular flexibility index (Phi) is 2.12. The van der Waals surface area contributed by atoms with Crippen LogP contribution in [0.4, 0.5) is 0 Å². The van der Waals surface area contributed by atoms with E-state index >= 15 is 0 Å². The second-order valence-electron chi connectivity index (χ2n) is 5.96. The summed E-state index contributed by atoms with van der Waals surface area (Å²) in [5, 5.41) is 0. The minimum Gasteiger partial charge on any atom is -0.412 e. The van der Waals surface area contributed by atoms with Gasteiger partial charge in [0.2, 0.25) is 0 Å². The molecule has 0 aliphatic heterocycles. The summed E-state index contributed by atoms with van der Waals surface area (Å²) in [4.78, 5) is 0. The maximum atomic E-state index is 6.35. The summed E-state index contributed by atoms with van der Waals surface area (Å²) < 4.78 is 6.35. The maximum absolute atomic E-state index is 6.35. The predicted octanol–water partition coefficient (Wildman–Crippen LogP) is 3.42. The fourth-order valence-corrected chi connectivity index (χ4v) is 4.58. The number of fused-ring (bicyclic) bond motifs is 1. The molecule has 2 heteroatoms. The lowest BCUT2D eigenvalue weighted by molar-refractivity contribution is 0.102. The Morgan fingerprint density at radius 3 is 2.62 bits per heavy atom. The normalized spacial score (nSPS) is 44.3. The van der Waals surface area contributed by atoms with E-state index in [1.807, 2.05) is 0 Å². The van der Waals surface area contributed by atoms with E-state index in [-0.39, 0.29) is 0 Å². The summed E-state index contributed by atoms with van der Waals surface area (Å²) in [6.45, 7) is 9.35. The first-order chi connectivity index (χ1) is 5.93. The molecule has 0 amide bonds. The third-order valence-electron chi connectivity index (χ3n) is 3.54. The molecule has 0 aromatic heterocycles. The van der Waals surface area contributed by atoms with Crippen LogP contribution >= 0.6 is 0 Å². The van der Waals surface area contributed by atoms with Crippen molar-refractivity contribution in [1.82, 2.24) is 0 Å². The monoisotopic (exact) mass is 198 g/mol. The lowest BCUT2D eigenvalue weighted by Crippen LogP contribution is -2.36. The van der Waals surface area contributed by atoms with Gasteiger partial charge in [0.1, 0.15) is 0 Å². The lowest BCUT2D eigenvalue weighted by Gasteiger charge is -2.32. The molecule has 2 aliphatic carbocycles. The molecule has 13 heavy (non-hydrogen) atoms. The topological polar surface area (TPSA) is 9.23 Å². The van der Waals surface area contributed by atoms with E-state index < -0.39 is 8.32 Å². The van der Waals surface area contributed by atoms with Gasteiger partial charge in [-0.1, -0.05) is 19.8 Å². The van der Waals surface area contributed by atoms with Crippen molar-refractivity contribution in [2.24, 2.45) is 11.8 Å². The van der Waals surface area contributed by atoms with Crippen LogP contribution in [0.25, 0.3) is 0 Å². The van der Waals surface area contributed by atoms with Crippen LogP contribution in [0.5, 0.6) is 0 Å². The predicted molar refractivity (Wildman–Crippen MR) is 58.3 cm³/mol. The standard InChI is InChI=1S/C11H22OSi/c1-9-6-5-7-11(8-10(9)11)12-13(2,3)4/h9-10H,5-8H2,1-4H3/t9-,10+,11-/m0/s1.